The molecule has 2 rings (SSSR count). The van der Waals surface area contributed by atoms with Gasteiger partial charge in [0.1, 0.15) is 0 Å². The van der Waals surface area contributed by atoms with Crippen LogP contribution in [0.3, 0.4) is 0 Å². The predicted octanol–water partition coefficient (Wildman–Crippen LogP) is 1.66. The van der Waals surface area contributed by atoms with Crippen molar-refractivity contribution in [1.29, 1.82) is 0 Å². The molecule has 0 radical (unpaired) electrons. The van der Waals surface area contributed by atoms with Crippen molar-refractivity contribution in [3.05, 3.63) is 30.1 Å². The van der Waals surface area contributed by atoms with Crippen molar-refractivity contribution in [3.63, 3.8) is 0 Å². The van der Waals surface area contributed by atoms with Crippen molar-refractivity contribution >= 4 is 0 Å². The van der Waals surface area contributed by atoms with Crippen molar-refractivity contribution < 1.29 is 0 Å². The highest BCUT2D eigenvalue weighted by atomic mass is 15.2. The topological polar surface area (TPSA) is 28.2 Å². The fraction of sp³-hybridized carbons (Fsp3) is 0.615. The number of nitrogens with one attached hydrogen (secondary N) is 1. The van der Waals surface area contributed by atoms with Gasteiger partial charge in [-0.25, -0.2) is 0 Å². The van der Waals surface area contributed by atoms with Crippen molar-refractivity contribution in [3.8, 4) is 0 Å². The number of aromatic nitrogens is 1. The summed E-state index contributed by atoms with van der Waals surface area (Å²) in [6.45, 7) is 6.76. The Balaban J connectivity index is 1.62. The van der Waals surface area contributed by atoms with Crippen LogP contribution in [0.4, 0.5) is 0 Å². The lowest BCUT2D eigenvalue weighted by Gasteiger charge is -2.20. The number of hydrogen-bond donors (Lipinski definition) is 1. The van der Waals surface area contributed by atoms with E-state index in [1.54, 1.807) is 0 Å². The van der Waals surface area contributed by atoms with Gasteiger partial charge in [-0.15, -0.1) is 0 Å². The molecule has 1 aromatic heterocycles. The van der Waals surface area contributed by atoms with Crippen LogP contribution in [0.25, 0.3) is 0 Å². The molecule has 88 valence electrons. The minimum absolute atomic E-state index is 0.778. The Morgan fingerprint density at radius 3 is 3.19 bits per heavy atom. The zero-order chi connectivity index (χ0) is 11.2. The number of rotatable bonds is 5. The average molecular weight is 219 g/mol. The molecular weight excluding hydrogens is 198 g/mol. The van der Waals surface area contributed by atoms with E-state index in [1.165, 1.54) is 31.5 Å². The lowest BCUT2D eigenvalue weighted by Crippen LogP contribution is -2.34. The van der Waals surface area contributed by atoms with E-state index in [0.717, 1.165) is 19.1 Å². The Bertz CT molecular complexity index is 299. The van der Waals surface area contributed by atoms with E-state index in [-0.39, 0.29) is 0 Å². The molecule has 3 nitrogen and oxygen atoms in total. The van der Waals surface area contributed by atoms with Gasteiger partial charge in [0, 0.05) is 38.1 Å². The second-order valence-corrected chi connectivity index (χ2v) is 4.57. The first-order valence-electron chi connectivity index (χ1n) is 6.20. The summed E-state index contributed by atoms with van der Waals surface area (Å²) in [6, 6.07) is 4.87. The minimum atomic E-state index is 0.778. The average Bonchev–Trinajstić information content (AvgIpc) is 2.72. The number of hydrogen-bond acceptors (Lipinski definition) is 3. The maximum atomic E-state index is 4.10. The SMILES string of the molecule is CC1CCCN1CCNCc1cccnc1. The van der Waals surface area contributed by atoms with Gasteiger partial charge in [0.05, 0.1) is 0 Å². The molecule has 0 aromatic carbocycles. The van der Waals surface area contributed by atoms with E-state index in [4.69, 9.17) is 0 Å². The zero-order valence-corrected chi connectivity index (χ0v) is 10.0. The van der Waals surface area contributed by atoms with E-state index in [9.17, 15) is 0 Å². The molecular formula is C13H21N3. The Kier molecular flexibility index (Phi) is 4.31. The van der Waals surface area contributed by atoms with Crippen molar-refractivity contribution in [2.24, 2.45) is 0 Å². The summed E-state index contributed by atoms with van der Waals surface area (Å²) in [5.41, 5.74) is 1.26. The maximum absolute atomic E-state index is 4.10. The molecule has 1 saturated heterocycles. The van der Waals surface area contributed by atoms with Gasteiger partial charge in [-0.3, -0.25) is 9.88 Å². The summed E-state index contributed by atoms with van der Waals surface area (Å²) in [5.74, 6) is 0. The van der Waals surface area contributed by atoms with Crippen molar-refractivity contribution in [2.75, 3.05) is 19.6 Å². The van der Waals surface area contributed by atoms with Crippen LogP contribution < -0.4 is 5.32 Å². The third-order valence-corrected chi connectivity index (χ3v) is 3.32. The highest BCUT2D eigenvalue weighted by Crippen LogP contribution is 2.14. The summed E-state index contributed by atoms with van der Waals surface area (Å²) in [6.07, 6.45) is 6.47. The van der Waals surface area contributed by atoms with Gasteiger partial charge >= 0.3 is 0 Å². The van der Waals surface area contributed by atoms with Crippen LogP contribution in [0.15, 0.2) is 24.5 Å². The molecule has 3 heteroatoms. The Morgan fingerprint density at radius 2 is 2.50 bits per heavy atom. The molecule has 1 fully saturated rings. The summed E-state index contributed by atoms with van der Waals surface area (Å²) >= 11 is 0. The van der Waals surface area contributed by atoms with Crippen molar-refractivity contribution in [2.45, 2.75) is 32.4 Å². The van der Waals surface area contributed by atoms with Crippen LogP contribution >= 0.6 is 0 Å². The van der Waals surface area contributed by atoms with Gasteiger partial charge in [-0.05, 0) is 37.9 Å². The summed E-state index contributed by atoms with van der Waals surface area (Å²) in [5, 5.41) is 3.47. The van der Waals surface area contributed by atoms with Gasteiger partial charge in [0.25, 0.3) is 0 Å². The standard InChI is InChI=1S/C13H21N3/c1-12-4-3-8-16(12)9-7-15-11-13-5-2-6-14-10-13/h2,5-6,10,12,15H,3-4,7-9,11H2,1H3. The van der Waals surface area contributed by atoms with Crippen LogP contribution in [-0.4, -0.2) is 35.6 Å². The van der Waals surface area contributed by atoms with E-state index in [2.05, 4.69) is 28.2 Å². The maximum Gasteiger partial charge on any atom is 0.0312 e. The first-order valence-corrected chi connectivity index (χ1v) is 6.20. The molecule has 16 heavy (non-hydrogen) atoms. The first-order chi connectivity index (χ1) is 7.86. The molecule has 1 aromatic rings. The quantitative estimate of drug-likeness (QED) is 0.763. The molecule has 2 heterocycles. The Hall–Kier alpha value is -0.930. The lowest BCUT2D eigenvalue weighted by molar-refractivity contribution is 0.268. The molecule has 0 saturated carbocycles. The smallest absolute Gasteiger partial charge is 0.0312 e. The van der Waals surface area contributed by atoms with Gasteiger partial charge in [-0.2, -0.15) is 0 Å². The first kappa shape index (κ1) is 11.6. The summed E-state index contributed by atoms with van der Waals surface area (Å²) in [4.78, 5) is 6.67. The molecule has 1 unspecified atom stereocenters. The monoisotopic (exact) mass is 219 g/mol. The largest absolute Gasteiger partial charge is 0.311 e. The number of nitrogens with zero attached hydrogens (tertiary/aromatic N) is 2. The lowest BCUT2D eigenvalue weighted by atomic mass is 10.2. The molecule has 0 spiro atoms. The third-order valence-electron chi connectivity index (χ3n) is 3.32. The number of likely N-dealkylation sites (tertiary alicyclic amines) is 1. The highest BCUT2D eigenvalue weighted by molar-refractivity contribution is 5.07. The van der Waals surface area contributed by atoms with Crippen LogP contribution in [0.5, 0.6) is 0 Å². The zero-order valence-electron chi connectivity index (χ0n) is 10.0. The molecule has 1 N–H and O–H groups in total. The van der Waals surface area contributed by atoms with Gasteiger partial charge in [0.2, 0.25) is 0 Å². The van der Waals surface area contributed by atoms with E-state index < -0.39 is 0 Å². The summed E-state index contributed by atoms with van der Waals surface area (Å²) < 4.78 is 0. The van der Waals surface area contributed by atoms with Crippen molar-refractivity contribution in [1.82, 2.24) is 15.2 Å². The molecule has 0 aliphatic carbocycles. The fourth-order valence-corrected chi connectivity index (χ4v) is 2.28. The fourth-order valence-electron chi connectivity index (χ4n) is 2.28. The van der Waals surface area contributed by atoms with E-state index in [0.29, 0.717) is 0 Å². The van der Waals surface area contributed by atoms with E-state index in [1.807, 2.05) is 18.5 Å². The van der Waals surface area contributed by atoms with E-state index >= 15 is 0 Å². The molecule has 1 aliphatic rings. The number of pyridine rings is 1. The molecule has 1 atom stereocenters. The molecule has 1 aliphatic heterocycles. The van der Waals surface area contributed by atoms with Gasteiger partial charge < -0.3 is 5.32 Å². The van der Waals surface area contributed by atoms with Gasteiger partial charge in [-0.1, -0.05) is 6.07 Å². The van der Waals surface area contributed by atoms with Crippen LogP contribution in [0, 0.1) is 0 Å². The van der Waals surface area contributed by atoms with Crippen LogP contribution in [0.1, 0.15) is 25.3 Å². The second-order valence-electron chi connectivity index (χ2n) is 4.57. The van der Waals surface area contributed by atoms with Crippen LogP contribution in [-0.2, 0) is 6.54 Å². The predicted molar refractivity (Wildman–Crippen MR) is 66.2 cm³/mol. The Morgan fingerprint density at radius 1 is 1.56 bits per heavy atom. The summed E-state index contributed by atoms with van der Waals surface area (Å²) in [7, 11) is 0. The molecule has 0 bridgehead atoms. The highest BCUT2D eigenvalue weighted by Gasteiger charge is 2.18. The Labute approximate surface area is 97.9 Å². The minimum Gasteiger partial charge on any atom is -0.311 e. The normalized spacial score (nSPS) is 21.4. The van der Waals surface area contributed by atoms with Crippen LogP contribution in [0.2, 0.25) is 0 Å². The van der Waals surface area contributed by atoms with Gasteiger partial charge in [0.15, 0.2) is 0 Å². The third kappa shape index (κ3) is 3.29. The second kappa shape index (κ2) is 5.97. The molecule has 0 amide bonds.